The fourth-order valence-corrected chi connectivity index (χ4v) is 2.14. The second-order valence-corrected chi connectivity index (χ2v) is 4.32. The Morgan fingerprint density at radius 2 is 2.12 bits per heavy atom. The number of benzene rings is 1. The number of carbonyl (C=O) groups is 1. The predicted molar refractivity (Wildman–Crippen MR) is 65.9 cm³/mol. The van der Waals surface area contributed by atoms with Gasteiger partial charge in [0.05, 0.1) is 0 Å². The van der Waals surface area contributed by atoms with Gasteiger partial charge in [-0.15, -0.1) is 0 Å². The summed E-state index contributed by atoms with van der Waals surface area (Å²) in [4.78, 5) is 13.4. The van der Waals surface area contributed by atoms with Crippen molar-refractivity contribution in [1.82, 2.24) is 10.2 Å². The summed E-state index contributed by atoms with van der Waals surface area (Å²) in [6, 6.07) is 10.2. The third-order valence-corrected chi connectivity index (χ3v) is 3.08. The van der Waals surface area contributed by atoms with Crippen LogP contribution in [0.1, 0.15) is 17.9 Å². The standard InChI is InChI=1S/C13H18N2O2/c16-8-4-7-15-10-12(9-14-13(15)17)11-5-2-1-3-6-11/h1-3,5-6,12,16H,4,7-10H2,(H,14,17). The van der Waals surface area contributed by atoms with E-state index in [2.05, 4.69) is 17.4 Å². The van der Waals surface area contributed by atoms with Crippen molar-refractivity contribution in [3.63, 3.8) is 0 Å². The number of amides is 2. The van der Waals surface area contributed by atoms with E-state index in [9.17, 15) is 4.79 Å². The van der Waals surface area contributed by atoms with Crippen molar-refractivity contribution in [2.45, 2.75) is 12.3 Å². The number of aliphatic hydroxyl groups is 1. The molecule has 0 aliphatic carbocycles. The van der Waals surface area contributed by atoms with Gasteiger partial charge in [0, 0.05) is 32.2 Å². The van der Waals surface area contributed by atoms with E-state index < -0.39 is 0 Å². The maximum absolute atomic E-state index is 11.6. The first kappa shape index (κ1) is 11.9. The molecule has 0 spiro atoms. The molecule has 0 aromatic heterocycles. The number of rotatable bonds is 4. The molecule has 1 fully saturated rings. The van der Waals surface area contributed by atoms with Crippen molar-refractivity contribution in [2.75, 3.05) is 26.2 Å². The molecule has 2 N–H and O–H groups in total. The molecule has 1 atom stereocenters. The molecule has 17 heavy (non-hydrogen) atoms. The monoisotopic (exact) mass is 234 g/mol. The highest BCUT2D eigenvalue weighted by Gasteiger charge is 2.25. The Morgan fingerprint density at radius 1 is 1.35 bits per heavy atom. The molecule has 1 aromatic rings. The predicted octanol–water partition coefficient (Wildman–Crippen LogP) is 1.18. The first-order valence-corrected chi connectivity index (χ1v) is 6.00. The van der Waals surface area contributed by atoms with Crippen molar-refractivity contribution >= 4 is 6.03 Å². The topological polar surface area (TPSA) is 52.6 Å². The summed E-state index contributed by atoms with van der Waals surface area (Å²) in [5, 5.41) is 11.7. The third-order valence-electron chi connectivity index (χ3n) is 3.08. The van der Waals surface area contributed by atoms with Crippen LogP contribution in [-0.4, -0.2) is 42.3 Å². The van der Waals surface area contributed by atoms with E-state index in [1.807, 2.05) is 18.2 Å². The molecular formula is C13H18N2O2. The smallest absolute Gasteiger partial charge is 0.317 e. The van der Waals surface area contributed by atoms with Crippen molar-refractivity contribution in [3.8, 4) is 0 Å². The Hall–Kier alpha value is -1.55. The van der Waals surface area contributed by atoms with Crippen LogP contribution in [0.5, 0.6) is 0 Å². The van der Waals surface area contributed by atoms with Crippen LogP contribution in [0.25, 0.3) is 0 Å². The Kier molecular flexibility index (Phi) is 3.98. The van der Waals surface area contributed by atoms with E-state index >= 15 is 0 Å². The number of hydrogen-bond donors (Lipinski definition) is 2. The van der Waals surface area contributed by atoms with E-state index in [-0.39, 0.29) is 12.6 Å². The molecule has 2 amide bonds. The van der Waals surface area contributed by atoms with E-state index in [0.717, 1.165) is 6.54 Å². The van der Waals surface area contributed by atoms with Crippen LogP contribution in [0.15, 0.2) is 30.3 Å². The molecule has 1 aromatic carbocycles. The number of urea groups is 1. The van der Waals surface area contributed by atoms with E-state index in [4.69, 9.17) is 5.11 Å². The first-order chi connectivity index (χ1) is 8.31. The molecule has 1 saturated heterocycles. The van der Waals surface area contributed by atoms with Gasteiger partial charge in [0.1, 0.15) is 0 Å². The quantitative estimate of drug-likeness (QED) is 0.822. The Morgan fingerprint density at radius 3 is 2.82 bits per heavy atom. The molecule has 4 heteroatoms. The minimum atomic E-state index is -0.0226. The minimum Gasteiger partial charge on any atom is -0.396 e. The fraction of sp³-hybridized carbons (Fsp3) is 0.462. The molecule has 2 rings (SSSR count). The average Bonchev–Trinajstić information content (AvgIpc) is 2.39. The second kappa shape index (κ2) is 5.68. The average molecular weight is 234 g/mol. The van der Waals surface area contributed by atoms with Gasteiger partial charge < -0.3 is 15.3 Å². The lowest BCUT2D eigenvalue weighted by Crippen LogP contribution is -2.50. The summed E-state index contributed by atoms with van der Waals surface area (Å²) in [7, 11) is 0. The van der Waals surface area contributed by atoms with E-state index in [1.165, 1.54) is 5.56 Å². The van der Waals surface area contributed by atoms with Gasteiger partial charge in [-0.2, -0.15) is 0 Å². The summed E-state index contributed by atoms with van der Waals surface area (Å²) >= 11 is 0. The number of nitrogens with one attached hydrogen (secondary N) is 1. The summed E-state index contributed by atoms with van der Waals surface area (Å²) in [5.41, 5.74) is 1.25. The summed E-state index contributed by atoms with van der Waals surface area (Å²) in [5.74, 6) is 0.340. The zero-order valence-electron chi connectivity index (χ0n) is 9.80. The van der Waals surface area contributed by atoms with Gasteiger partial charge in [-0.05, 0) is 12.0 Å². The number of carbonyl (C=O) groups excluding carboxylic acids is 1. The lowest BCUT2D eigenvalue weighted by atomic mass is 9.97. The van der Waals surface area contributed by atoms with E-state index in [1.54, 1.807) is 4.90 Å². The molecule has 1 aliphatic heterocycles. The van der Waals surface area contributed by atoms with Crippen LogP contribution in [0.2, 0.25) is 0 Å². The minimum absolute atomic E-state index is 0.0226. The third kappa shape index (κ3) is 2.97. The summed E-state index contributed by atoms with van der Waals surface area (Å²) in [6.45, 7) is 2.17. The van der Waals surface area contributed by atoms with Crippen LogP contribution < -0.4 is 5.32 Å². The Bertz CT molecular complexity index is 367. The highest BCUT2D eigenvalue weighted by atomic mass is 16.3. The number of aliphatic hydroxyl groups excluding tert-OH is 1. The fourth-order valence-electron chi connectivity index (χ4n) is 2.14. The van der Waals surface area contributed by atoms with Gasteiger partial charge in [0.15, 0.2) is 0 Å². The molecule has 1 heterocycles. The summed E-state index contributed by atoms with van der Waals surface area (Å²) < 4.78 is 0. The summed E-state index contributed by atoms with van der Waals surface area (Å²) in [6.07, 6.45) is 0.634. The van der Waals surface area contributed by atoms with Crippen LogP contribution >= 0.6 is 0 Å². The molecule has 4 nitrogen and oxygen atoms in total. The highest BCUT2D eigenvalue weighted by molar-refractivity contribution is 5.75. The Balaban J connectivity index is 2.00. The first-order valence-electron chi connectivity index (χ1n) is 6.00. The SMILES string of the molecule is O=C1NCC(c2ccccc2)CN1CCCO. The number of nitrogens with zero attached hydrogens (tertiary/aromatic N) is 1. The van der Waals surface area contributed by atoms with Crippen LogP contribution in [-0.2, 0) is 0 Å². The maximum atomic E-state index is 11.6. The van der Waals surface area contributed by atoms with Gasteiger partial charge >= 0.3 is 6.03 Å². The Labute approximate surface area is 101 Å². The number of hydrogen-bond acceptors (Lipinski definition) is 2. The van der Waals surface area contributed by atoms with Gasteiger partial charge in [-0.3, -0.25) is 0 Å². The highest BCUT2D eigenvalue weighted by Crippen LogP contribution is 2.19. The van der Waals surface area contributed by atoms with Crippen molar-refractivity contribution in [3.05, 3.63) is 35.9 Å². The van der Waals surface area contributed by atoms with Crippen LogP contribution in [0.3, 0.4) is 0 Å². The molecule has 0 radical (unpaired) electrons. The van der Waals surface area contributed by atoms with E-state index in [0.29, 0.717) is 25.4 Å². The molecule has 1 aliphatic rings. The maximum Gasteiger partial charge on any atom is 0.317 e. The van der Waals surface area contributed by atoms with Crippen LogP contribution in [0, 0.1) is 0 Å². The van der Waals surface area contributed by atoms with Crippen molar-refractivity contribution in [2.24, 2.45) is 0 Å². The molecule has 92 valence electrons. The lowest BCUT2D eigenvalue weighted by molar-refractivity contribution is 0.172. The normalized spacial score (nSPS) is 20.2. The largest absolute Gasteiger partial charge is 0.396 e. The lowest BCUT2D eigenvalue weighted by Gasteiger charge is -2.33. The van der Waals surface area contributed by atoms with Crippen molar-refractivity contribution < 1.29 is 9.90 Å². The molecule has 0 bridgehead atoms. The second-order valence-electron chi connectivity index (χ2n) is 4.32. The van der Waals surface area contributed by atoms with Gasteiger partial charge in [0.2, 0.25) is 0 Å². The molecule has 1 unspecified atom stereocenters. The van der Waals surface area contributed by atoms with Gasteiger partial charge in [-0.25, -0.2) is 4.79 Å². The van der Waals surface area contributed by atoms with Crippen LogP contribution in [0.4, 0.5) is 4.79 Å². The zero-order chi connectivity index (χ0) is 12.1. The zero-order valence-corrected chi connectivity index (χ0v) is 9.80. The van der Waals surface area contributed by atoms with Crippen molar-refractivity contribution in [1.29, 1.82) is 0 Å². The van der Waals surface area contributed by atoms with Gasteiger partial charge in [0.25, 0.3) is 0 Å². The molecular weight excluding hydrogens is 216 g/mol. The molecule has 0 saturated carbocycles. The van der Waals surface area contributed by atoms with Gasteiger partial charge in [-0.1, -0.05) is 30.3 Å².